The van der Waals surface area contributed by atoms with E-state index in [1.807, 2.05) is 6.07 Å². The molecule has 2 aromatic rings. The van der Waals surface area contributed by atoms with E-state index in [0.717, 1.165) is 32.5 Å². The lowest BCUT2D eigenvalue weighted by molar-refractivity contribution is 0.210. The van der Waals surface area contributed by atoms with Gasteiger partial charge in [-0.05, 0) is 30.8 Å². The molecule has 0 radical (unpaired) electrons. The number of hydrogen-bond acceptors (Lipinski definition) is 7. The van der Waals surface area contributed by atoms with Gasteiger partial charge in [-0.2, -0.15) is 10.2 Å². The number of aromatic nitrogens is 2. The quantitative estimate of drug-likeness (QED) is 0.897. The average molecular weight is 314 g/mol. The van der Waals surface area contributed by atoms with Gasteiger partial charge in [-0.15, -0.1) is 11.3 Å². The summed E-state index contributed by atoms with van der Waals surface area (Å²) in [5.74, 6) is 0.728. The molecule has 0 aliphatic carbocycles. The lowest BCUT2D eigenvalue weighted by Gasteiger charge is -2.32. The molecule has 3 rings (SSSR count). The van der Waals surface area contributed by atoms with Gasteiger partial charge in [0.15, 0.2) is 0 Å². The molecule has 1 aliphatic heterocycles. The van der Waals surface area contributed by atoms with E-state index in [9.17, 15) is 0 Å². The molecule has 1 atom stereocenters. The second-order valence-corrected chi connectivity index (χ2v) is 6.43. The highest BCUT2D eigenvalue weighted by Crippen LogP contribution is 2.19. The van der Waals surface area contributed by atoms with E-state index in [0.29, 0.717) is 17.6 Å². The fourth-order valence-electron chi connectivity index (χ4n) is 2.67. The van der Waals surface area contributed by atoms with Gasteiger partial charge in [0.1, 0.15) is 17.5 Å². The van der Waals surface area contributed by atoms with E-state index in [4.69, 9.17) is 11.0 Å². The molecule has 1 aliphatic rings. The Bertz CT molecular complexity index is 663. The van der Waals surface area contributed by atoms with Gasteiger partial charge in [0.05, 0.1) is 6.20 Å². The zero-order valence-corrected chi connectivity index (χ0v) is 13.0. The van der Waals surface area contributed by atoms with Crippen molar-refractivity contribution in [3.63, 3.8) is 0 Å². The zero-order valence-electron chi connectivity index (χ0n) is 12.2. The number of likely N-dealkylation sites (tertiary alicyclic amines) is 1. The fourth-order valence-corrected chi connectivity index (χ4v) is 3.42. The molecule has 2 aromatic heterocycles. The molecular formula is C15H18N6S. The van der Waals surface area contributed by atoms with Gasteiger partial charge < -0.3 is 11.1 Å². The summed E-state index contributed by atoms with van der Waals surface area (Å²) in [6.45, 7) is 3.07. The molecular weight excluding hydrogens is 296 g/mol. The number of nitrogens with zero attached hydrogens (tertiary/aromatic N) is 4. The summed E-state index contributed by atoms with van der Waals surface area (Å²) in [5, 5.41) is 14.3. The Hall–Kier alpha value is -2.17. The van der Waals surface area contributed by atoms with Crippen molar-refractivity contribution in [2.75, 3.05) is 24.1 Å². The highest BCUT2D eigenvalue weighted by Gasteiger charge is 2.21. The predicted molar refractivity (Wildman–Crippen MR) is 87.4 cm³/mol. The van der Waals surface area contributed by atoms with Crippen molar-refractivity contribution < 1.29 is 0 Å². The highest BCUT2D eigenvalue weighted by atomic mass is 32.1. The Morgan fingerprint density at radius 3 is 3.18 bits per heavy atom. The van der Waals surface area contributed by atoms with Gasteiger partial charge >= 0.3 is 0 Å². The van der Waals surface area contributed by atoms with E-state index in [1.165, 1.54) is 11.1 Å². The van der Waals surface area contributed by atoms with Crippen LogP contribution in [0.5, 0.6) is 0 Å². The van der Waals surface area contributed by atoms with Gasteiger partial charge in [-0.25, -0.2) is 4.98 Å². The van der Waals surface area contributed by atoms with Crippen LogP contribution >= 0.6 is 11.3 Å². The first kappa shape index (κ1) is 14.8. The van der Waals surface area contributed by atoms with E-state index in [1.54, 1.807) is 11.3 Å². The van der Waals surface area contributed by atoms with Gasteiger partial charge in [0.25, 0.3) is 0 Å². The van der Waals surface area contributed by atoms with E-state index in [-0.39, 0.29) is 5.82 Å². The number of piperidine rings is 1. The SMILES string of the molecule is N#Cc1cnc(NC2CCCN(Cc3cccs3)C2)nc1N. The summed E-state index contributed by atoms with van der Waals surface area (Å²) in [6, 6.07) is 6.54. The maximum Gasteiger partial charge on any atom is 0.224 e. The highest BCUT2D eigenvalue weighted by molar-refractivity contribution is 7.09. The van der Waals surface area contributed by atoms with Crippen LogP contribution in [-0.4, -0.2) is 34.0 Å². The Morgan fingerprint density at radius 1 is 1.55 bits per heavy atom. The average Bonchev–Trinajstić information content (AvgIpc) is 3.01. The van der Waals surface area contributed by atoms with Gasteiger partial charge in [-0.1, -0.05) is 6.07 Å². The minimum absolute atomic E-state index is 0.228. The van der Waals surface area contributed by atoms with Gasteiger partial charge in [0.2, 0.25) is 5.95 Å². The summed E-state index contributed by atoms with van der Waals surface area (Å²) in [7, 11) is 0. The van der Waals surface area contributed by atoms with Crippen LogP contribution in [-0.2, 0) is 6.54 Å². The molecule has 6 nitrogen and oxygen atoms in total. The molecule has 1 saturated heterocycles. The number of nitrogens with two attached hydrogens (primary N) is 1. The molecule has 3 N–H and O–H groups in total. The Morgan fingerprint density at radius 2 is 2.45 bits per heavy atom. The number of nitrogen functional groups attached to an aromatic ring is 1. The first-order valence-electron chi connectivity index (χ1n) is 7.28. The molecule has 7 heteroatoms. The number of rotatable bonds is 4. The van der Waals surface area contributed by atoms with Crippen LogP contribution in [0.25, 0.3) is 0 Å². The summed E-state index contributed by atoms with van der Waals surface area (Å²) in [6.07, 6.45) is 3.70. The first-order chi connectivity index (χ1) is 10.7. The smallest absolute Gasteiger partial charge is 0.224 e. The number of nitriles is 1. The minimum Gasteiger partial charge on any atom is -0.382 e. The second kappa shape index (κ2) is 6.73. The van der Waals surface area contributed by atoms with Gasteiger partial charge in [0, 0.05) is 24.0 Å². The van der Waals surface area contributed by atoms with Crippen LogP contribution in [0.4, 0.5) is 11.8 Å². The van der Waals surface area contributed by atoms with Crippen molar-refractivity contribution in [2.45, 2.75) is 25.4 Å². The van der Waals surface area contributed by atoms with Crippen molar-refractivity contribution in [1.29, 1.82) is 5.26 Å². The monoisotopic (exact) mass is 314 g/mol. The summed E-state index contributed by atoms with van der Waals surface area (Å²) >= 11 is 1.79. The van der Waals surface area contributed by atoms with Crippen LogP contribution in [0, 0.1) is 11.3 Å². The Kier molecular flexibility index (Phi) is 4.51. The third-order valence-electron chi connectivity index (χ3n) is 3.74. The summed E-state index contributed by atoms with van der Waals surface area (Å²) < 4.78 is 0. The largest absolute Gasteiger partial charge is 0.382 e. The summed E-state index contributed by atoms with van der Waals surface area (Å²) in [4.78, 5) is 12.2. The zero-order chi connectivity index (χ0) is 15.4. The van der Waals surface area contributed by atoms with Crippen molar-refractivity contribution >= 4 is 23.1 Å². The second-order valence-electron chi connectivity index (χ2n) is 5.40. The normalized spacial score (nSPS) is 18.8. The molecule has 0 bridgehead atoms. The van der Waals surface area contributed by atoms with Crippen LogP contribution in [0.2, 0.25) is 0 Å². The fraction of sp³-hybridized carbons (Fsp3) is 0.400. The van der Waals surface area contributed by atoms with Crippen LogP contribution in [0.3, 0.4) is 0 Å². The molecule has 22 heavy (non-hydrogen) atoms. The predicted octanol–water partition coefficient (Wildman–Crippen LogP) is 2.07. The lowest BCUT2D eigenvalue weighted by Crippen LogP contribution is -2.41. The molecule has 0 amide bonds. The molecule has 0 aromatic carbocycles. The number of hydrogen-bond donors (Lipinski definition) is 2. The van der Waals surface area contributed by atoms with Crippen LogP contribution in [0.1, 0.15) is 23.3 Å². The maximum atomic E-state index is 8.85. The molecule has 3 heterocycles. The molecule has 114 valence electrons. The maximum absolute atomic E-state index is 8.85. The van der Waals surface area contributed by atoms with Crippen molar-refractivity contribution in [3.05, 3.63) is 34.2 Å². The molecule has 0 spiro atoms. The third kappa shape index (κ3) is 3.53. The van der Waals surface area contributed by atoms with Gasteiger partial charge in [-0.3, -0.25) is 4.90 Å². The van der Waals surface area contributed by atoms with Crippen molar-refractivity contribution in [2.24, 2.45) is 0 Å². The Labute approximate surface area is 133 Å². The Balaban J connectivity index is 1.60. The van der Waals surface area contributed by atoms with Crippen molar-refractivity contribution in [3.8, 4) is 6.07 Å². The molecule has 1 unspecified atom stereocenters. The summed E-state index contributed by atoms with van der Waals surface area (Å²) in [5.41, 5.74) is 6.05. The van der Waals surface area contributed by atoms with E-state index >= 15 is 0 Å². The van der Waals surface area contributed by atoms with Crippen LogP contribution < -0.4 is 11.1 Å². The van der Waals surface area contributed by atoms with Crippen LogP contribution in [0.15, 0.2) is 23.7 Å². The van der Waals surface area contributed by atoms with Crippen molar-refractivity contribution in [1.82, 2.24) is 14.9 Å². The number of thiophene rings is 1. The minimum atomic E-state index is 0.228. The van der Waals surface area contributed by atoms with E-state index < -0.39 is 0 Å². The third-order valence-corrected chi connectivity index (χ3v) is 4.60. The topological polar surface area (TPSA) is 90.9 Å². The van der Waals surface area contributed by atoms with E-state index in [2.05, 4.69) is 37.7 Å². The lowest BCUT2D eigenvalue weighted by atomic mass is 10.1. The molecule has 0 saturated carbocycles. The molecule has 1 fully saturated rings. The standard InChI is InChI=1S/C15H18N6S/c16-7-11-8-18-15(20-14(11)17)19-12-3-1-5-21(9-12)10-13-4-2-6-22-13/h2,4,6,8,12H,1,3,5,9-10H2,(H3,17,18,19,20). The number of anilines is 2. The first-order valence-corrected chi connectivity index (χ1v) is 8.16. The number of nitrogens with one attached hydrogen (secondary N) is 1.